The maximum absolute atomic E-state index is 6.14. The highest BCUT2D eigenvalue weighted by Gasteiger charge is 2.18. The van der Waals surface area contributed by atoms with Crippen molar-refractivity contribution in [3.63, 3.8) is 0 Å². The minimum absolute atomic E-state index is 0.0950. The van der Waals surface area contributed by atoms with Crippen molar-refractivity contribution in [2.75, 3.05) is 13.7 Å². The van der Waals surface area contributed by atoms with E-state index >= 15 is 0 Å². The van der Waals surface area contributed by atoms with Crippen LogP contribution < -0.4 is 5.73 Å². The van der Waals surface area contributed by atoms with Gasteiger partial charge in [0.05, 0.1) is 11.2 Å². The van der Waals surface area contributed by atoms with E-state index in [9.17, 15) is 0 Å². The molecule has 0 amide bonds. The van der Waals surface area contributed by atoms with Crippen molar-refractivity contribution in [2.24, 2.45) is 11.7 Å². The van der Waals surface area contributed by atoms with E-state index in [4.69, 9.17) is 10.5 Å². The molecule has 0 fully saturated rings. The molecule has 1 rings (SSSR count). The van der Waals surface area contributed by atoms with Crippen molar-refractivity contribution in [1.29, 1.82) is 0 Å². The molecule has 0 spiro atoms. The third-order valence-corrected chi connectivity index (χ3v) is 3.51. The zero-order valence-corrected chi connectivity index (χ0v) is 9.80. The van der Waals surface area contributed by atoms with Gasteiger partial charge in [-0.3, -0.25) is 0 Å². The van der Waals surface area contributed by atoms with E-state index in [1.165, 1.54) is 4.88 Å². The Morgan fingerprint density at radius 1 is 1.64 bits per heavy atom. The van der Waals surface area contributed by atoms with Gasteiger partial charge in [0.15, 0.2) is 0 Å². The summed E-state index contributed by atoms with van der Waals surface area (Å²) in [5.41, 5.74) is 9.06. The maximum Gasteiger partial charge on any atom is 0.0798 e. The molecule has 2 unspecified atom stereocenters. The minimum atomic E-state index is 0.0950. The Morgan fingerprint density at radius 3 is 2.86 bits per heavy atom. The van der Waals surface area contributed by atoms with Crippen molar-refractivity contribution in [1.82, 2.24) is 4.98 Å². The summed E-state index contributed by atoms with van der Waals surface area (Å²) >= 11 is 1.64. The Labute approximate surface area is 89.3 Å². The average Bonchev–Trinajstić information content (AvgIpc) is 2.59. The number of ether oxygens (including phenoxy) is 1. The molecule has 1 aromatic heterocycles. The van der Waals surface area contributed by atoms with Crippen molar-refractivity contribution >= 4 is 11.3 Å². The van der Waals surface area contributed by atoms with Crippen molar-refractivity contribution in [3.8, 4) is 0 Å². The number of hydrogen-bond donors (Lipinski definition) is 1. The normalized spacial score (nSPS) is 15.4. The molecule has 0 aliphatic carbocycles. The number of nitrogens with zero attached hydrogens (tertiary/aromatic N) is 1. The molecule has 0 radical (unpaired) electrons. The second kappa shape index (κ2) is 5.44. The quantitative estimate of drug-likeness (QED) is 0.816. The lowest BCUT2D eigenvalue weighted by atomic mass is 9.97. The Morgan fingerprint density at radius 2 is 2.36 bits per heavy atom. The number of rotatable bonds is 5. The first-order chi connectivity index (χ1) is 6.66. The predicted molar refractivity (Wildman–Crippen MR) is 59.4 cm³/mol. The summed E-state index contributed by atoms with van der Waals surface area (Å²) in [7, 11) is 1.72. The van der Waals surface area contributed by atoms with Crippen molar-refractivity contribution in [2.45, 2.75) is 26.3 Å². The van der Waals surface area contributed by atoms with Gasteiger partial charge in [0.25, 0.3) is 0 Å². The summed E-state index contributed by atoms with van der Waals surface area (Å²) in [5.74, 6) is 0.439. The summed E-state index contributed by atoms with van der Waals surface area (Å²) in [6.07, 6.45) is 0.995. The second-order valence-electron chi connectivity index (χ2n) is 3.59. The number of aryl methyl sites for hydroxylation is 1. The van der Waals surface area contributed by atoms with Gasteiger partial charge in [0, 0.05) is 24.6 Å². The highest BCUT2D eigenvalue weighted by molar-refractivity contribution is 7.09. The molecular formula is C10H18N2OS. The minimum Gasteiger partial charge on any atom is -0.385 e. The van der Waals surface area contributed by atoms with Gasteiger partial charge >= 0.3 is 0 Å². The largest absolute Gasteiger partial charge is 0.385 e. The molecule has 2 atom stereocenters. The first kappa shape index (κ1) is 11.6. The summed E-state index contributed by atoms with van der Waals surface area (Å²) in [4.78, 5) is 5.41. The molecule has 4 heteroatoms. The van der Waals surface area contributed by atoms with Crippen molar-refractivity contribution in [3.05, 3.63) is 16.1 Å². The molecule has 1 aromatic rings. The number of thiazole rings is 1. The van der Waals surface area contributed by atoms with E-state index in [0.717, 1.165) is 18.7 Å². The van der Waals surface area contributed by atoms with Gasteiger partial charge < -0.3 is 10.5 Å². The molecule has 0 aliphatic heterocycles. The van der Waals surface area contributed by atoms with Gasteiger partial charge in [-0.1, -0.05) is 6.92 Å². The highest BCUT2D eigenvalue weighted by atomic mass is 32.1. The van der Waals surface area contributed by atoms with Crippen LogP contribution in [0, 0.1) is 12.8 Å². The highest BCUT2D eigenvalue weighted by Crippen LogP contribution is 2.27. The van der Waals surface area contributed by atoms with Gasteiger partial charge in [-0.05, 0) is 19.3 Å². The molecule has 3 nitrogen and oxygen atoms in total. The van der Waals surface area contributed by atoms with E-state index in [1.54, 1.807) is 18.4 Å². The summed E-state index contributed by atoms with van der Waals surface area (Å²) in [6, 6.07) is 0.0950. The van der Waals surface area contributed by atoms with Gasteiger partial charge in [-0.25, -0.2) is 4.98 Å². The van der Waals surface area contributed by atoms with Gasteiger partial charge in [0.1, 0.15) is 0 Å². The average molecular weight is 214 g/mol. The number of nitrogens with two attached hydrogens (primary N) is 1. The Kier molecular flexibility index (Phi) is 4.51. The molecule has 0 bridgehead atoms. The van der Waals surface area contributed by atoms with Crippen LogP contribution in [0.25, 0.3) is 0 Å². The van der Waals surface area contributed by atoms with Crippen LogP contribution in [0.1, 0.15) is 30.0 Å². The molecule has 0 saturated carbocycles. The van der Waals surface area contributed by atoms with Gasteiger partial charge in [-0.15, -0.1) is 11.3 Å². The Hall–Kier alpha value is -0.450. The standard InChI is InChI=1S/C10H18N2OS/c1-7(4-5-13-3)9(11)10-8(2)12-6-14-10/h6-7,9H,4-5,11H2,1-3H3. The van der Waals surface area contributed by atoms with E-state index in [1.807, 2.05) is 12.4 Å². The summed E-state index contributed by atoms with van der Waals surface area (Å²) in [6.45, 7) is 4.93. The monoisotopic (exact) mass is 214 g/mol. The maximum atomic E-state index is 6.14. The number of methoxy groups -OCH3 is 1. The predicted octanol–water partition coefficient (Wildman–Crippen LogP) is 2.12. The second-order valence-corrected chi connectivity index (χ2v) is 4.47. The lowest BCUT2D eigenvalue weighted by Crippen LogP contribution is -2.20. The molecule has 80 valence electrons. The Balaban J connectivity index is 2.56. The van der Waals surface area contributed by atoms with E-state index < -0.39 is 0 Å². The lowest BCUT2D eigenvalue weighted by molar-refractivity contribution is 0.175. The van der Waals surface area contributed by atoms with Crippen LogP contribution in [-0.4, -0.2) is 18.7 Å². The molecular weight excluding hydrogens is 196 g/mol. The summed E-state index contributed by atoms with van der Waals surface area (Å²) < 4.78 is 5.04. The summed E-state index contributed by atoms with van der Waals surface area (Å²) in [5, 5.41) is 0. The van der Waals surface area contributed by atoms with Crippen LogP contribution in [0.4, 0.5) is 0 Å². The van der Waals surface area contributed by atoms with E-state index in [-0.39, 0.29) is 6.04 Å². The third kappa shape index (κ3) is 2.77. The third-order valence-electron chi connectivity index (χ3n) is 2.48. The number of aromatic nitrogens is 1. The van der Waals surface area contributed by atoms with Crippen LogP contribution in [0.5, 0.6) is 0 Å². The zero-order valence-electron chi connectivity index (χ0n) is 8.99. The fraction of sp³-hybridized carbons (Fsp3) is 0.700. The topological polar surface area (TPSA) is 48.1 Å². The van der Waals surface area contributed by atoms with Crippen molar-refractivity contribution < 1.29 is 4.74 Å². The molecule has 0 saturated heterocycles. The van der Waals surface area contributed by atoms with Gasteiger partial charge in [-0.2, -0.15) is 0 Å². The molecule has 1 heterocycles. The lowest BCUT2D eigenvalue weighted by Gasteiger charge is -2.18. The fourth-order valence-electron chi connectivity index (χ4n) is 1.37. The SMILES string of the molecule is COCCC(C)C(N)c1scnc1C. The zero-order chi connectivity index (χ0) is 10.6. The molecule has 0 aliphatic rings. The van der Waals surface area contributed by atoms with Gasteiger partial charge in [0.2, 0.25) is 0 Å². The van der Waals surface area contributed by atoms with Crippen LogP contribution >= 0.6 is 11.3 Å². The van der Waals surface area contributed by atoms with Crippen LogP contribution in [-0.2, 0) is 4.74 Å². The fourth-order valence-corrected chi connectivity index (χ4v) is 2.31. The molecule has 14 heavy (non-hydrogen) atoms. The smallest absolute Gasteiger partial charge is 0.0798 e. The van der Waals surface area contributed by atoms with E-state index in [0.29, 0.717) is 5.92 Å². The first-order valence-electron chi connectivity index (χ1n) is 4.81. The van der Waals surface area contributed by atoms with Crippen LogP contribution in [0.3, 0.4) is 0 Å². The van der Waals surface area contributed by atoms with Crippen LogP contribution in [0.15, 0.2) is 5.51 Å². The first-order valence-corrected chi connectivity index (χ1v) is 5.69. The molecule has 0 aromatic carbocycles. The van der Waals surface area contributed by atoms with E-state index in [2.05, 4.69) is 11.9 Å². The Bertz CT molecular complexity index is 275. The molecule has 2 N–H and O–H groups in total. The number of hydrogen-bond acceptors (Lipinski definition) is 4. The van der Waals surface area contributed by atoms with Crippen LogP contribution in [0.2, 0.25) is 0 Å².